The lowest BCUT2D eigenvalue weighted by Crippen LogP contribution is -2.26. The maximum atomic E-state index is 2.28. The zero-order valence-corrected chi connectivity index (χ0v) is 7.73. The van der Waals surface area contributed by atoms with E-state index in [1.54, 1.807) is 0 Å². The largest absolute Gasteiger partial charge is 0.310 e. The van der Waals surface area contributed by atoms with Gasteiger partial charge in [0.1, 0.15) is 0 Å². The third-order valence-corrected chi connectivity index (χ3v) is 3.32. The van der Waals surface area contributed by atoms with Crippen molar-refractivity contribution in [3.05, 3.63) is 0 Å². The second kappa shape index (κ2) is 3.21. The predicted octanol–water partition coefficient (Wildman–Crippen LogP) is -0.351. The Morgan fingerprint density at radius 1 is 1.57 bits per heavy atom. The first-order valence-electron chi connectivity index (χ1n) is 2.85. The molecule has 0 amide bonds. The Bertz CT molecular complexity index is 45.3. The molecule has 0 aromatic carbocycles. The van der Waals surface area contributed by atoms with Crippen LogP contribution in [-0.2, 0) is 0 Å². The van der Waals surface area contributed by atoms with E-state index in [0.29, 0.717) is 0 Å². The van der Waals surface area contributed by atoms with Crippen LogP contribution in [0, 0.1) is 0 Å². The second-order valence-corrected chi connectivity index (χ2v) is 3.55. The van der Waals surface area contributed by atoms with Gasteiger partial charge in [0.05, 0.1) is 0 Å². The van der Waals surface area contributed by atoms with Crippen molar-refractivity contribution in [1.82, 2.24) is 4.90 Å². The lowest BCUT2D eigenvalue weighted by molar-refractivity contribution is 0.368. The van der Waals surface area contributed by atoms with E-state index in [2.05, 4.69) is 25.9 Å². The molecule has 1 atom stereocenters. The molecular weight excluding hydrogens is 102 g/mol. The summed E-state index contributed by atoms with van der Waals surface area (Å²) >= 11 is 0. The fourth-order valence-corrected chi connectivity index (χ4v) is 0.365. The Hall–Kier alpha value is 0.177. The SMILES string of the molecule is CCC([SiH3])N(C)C. The van der Waals surface area contributed by atoms with Gasteiger partial charge in [-0.2, -0.15) is 0 Å². The van der Waals surface area contributed by atoms with Crippen LogP contribution in [0.4, 0.5) is 0 Å². The second-order valence-electron chi connectivity index (χ2n) is 2.22. The molecule has 0 radical (unpaired) electrons. The zero-order chi connectivity index (χ0) is 5.86. The fourth-order valence-electron chi connectivity index (χ4n) is 0.365. The van der Waals surface area contributed by atoms with Crippen molar-refractivity contribution in [3.63, 3.8) is 0 Å². The number of hydrogen-bond donors (Lipinski definition) is 0. The molecule has 1 nitrogen and oxygen atoms in total. The summed E-state index contributed by atoms with van der Waals surface area (Å²) in [7, 11) is 5.58. The van der Waals surface area contributed by atoms with Gasteiger partial charge < -0.3 is 4.90 Å². The van der Waals surface area contributed by atoms with Gasteiger partial charge in [-0.05, 0) is 26.2 Å². The average molecular weight is 117 g/mol. The monoisotopic (exact) mass is 117 g/mol. The molecule has 7 heavy (non-hydrogen) atoms. The first-order chi connectivity index (χ1) is 3.18. The molecule has 0 saturated carbocycles. The Kier molecular flexibility index (Phi) is 3.30. The van der Waals surface area contributed by atoms with Gasteiger partial charge in [-0.25, -0.2) is 0 Å². The Morgan fingerprint density at radius 2 is 2.00 bits per heavy atom. The number of hydrogen-bond acceptors (Lipinski definition) is 1. The minimum absolute atomic E-state index is 0.875. The van der Waals surface area contributed by atoms with Gasteiger partial charge in [-0.3, -0.25) is 0 Å². The lowest BCUT2D eigenvalue weighted by Gasteiger charge is -2.16. The van der Waals surface area contributed by atoms with Crippen molar-refractivity contribution >= 4 is 10.2 Å². The van der Waals surface area contributed by atoms with Gasteiger partial charge in [-0.1, -0.05) is 6.92 Å². The lowest BCUT2D eigenvalue weighted by atomic mass is 10.4. The minimum Gasteiger partial charge on any atom is -0.310 e. The van der Waals surface area contributed by atoms with E-state index in [1.165, 1.54) is 16.7 Å². The van der Waals surface area contributed by atoms with E-state index >= 15 is 0 Å². The third-order valence-electron chi connectivity index (χ3n) is 1.47. The minimum atomic E-state index is 0.875. The average Bonchev–Trinajstić information content (AvgIpc) is 1.65. The van der Waals surface area contributed by atoms with Crippen LogP contribution in [0.25, 0.3) is 0 Å². The summed E-state index contributed by atoms with van der Waals surface area (Å²) in [4.78, 5) is 2.28. The van der Waals surface area contributed by atoms with Crippen molar-refractivity contribution in [2.24, 2.45) is 0 Å². The van der Waals surface area contributed by atoms with Crippen LogP contribution >= 0.6 is 0 Å². The Balaban J connectivity index is 3.14. The van der Waals surface area contributed by atoms with Gasteiger partial charge in [0.25, 0.3) is 0 Å². The molecule has 0 N–H and O–H groups in total. The first kappa shape index (κ1) is 7.18. The molecule has 0 fully saturated rings. The maximum Gasteiger partial charge on any atom is 0.0244 e. The van der Waals surface area contributed by atoms with Crippen molar-refractivity contribution in [2.75, 3.05) is 14.1 Å². The highest BCUT2D eigenvalue weighted by atomic mass is 28.1. The summed E-state index contributed by atoms with van der Waals surface area (Å²) in [6.45, 7) is 2.23. The molecular formula is C5H15NSi. The van der Waals surface area contributed by atoms with Crippen molar-refractivity contribution < 1.29 is 0 Å². The summed E-state index contributed by atoms with van der Waals surface area (Å²) in [5, 5.41) is 0. The summed E-state index contributed by atoms with van der Waals surface area (Å²) < 4.78 is 0. The summed E-state index contributed by atoms with van der Waals surface area (Å²) in [6, 6.07) is 0. The topological polar surface area (TPSA) is 3.24 Å². The van der Waals surface area contributed by atoms with E-state index < -0.39 is 0 Å². The van der Waals surface area contributed by atoms with Crippen molar-refractivity contribution in [2.45, 2.75) is 19.0 Å². The molecule has 2 heteroatoms. The van der Waals surface area contributed by atoms with Crippen LogP contribution < -0.4 is 0 Å². The molecule has 0 spiro atoms. The van der Waals surface area contributed by atoms with Crippen LogP contribution in [0.2, 0.25) is 0 Å². The fraction of sp³-hybridized carbons (Fsp3) is 1.00. The van der Waals surface area contributed by atoms with Gasteiger partial charge in [0, 0.05) is 10.2 Å². The third kappa shape index (κ3) is 2.82. The van der Waals surface area contributed by atoms with Crippen LogP contribution in [-0.4, -0.2) is 34.9 Å². The molecule has 44 valence electrons. The van der Waals surface area contributed by atoms with Crippen LogP contribution in [0.1, 0.15) is 13.3 Å². The van der Waals surface area contributed by atoms with Crippen LogP contribution in [0.15, 0.2) is 0 Å². The van der Waals surface area contributed by atoms with E-state index in [0.717, 1.165) is 5.67 Å². The zero-order valence-electron chi connectivity index (χ0n) is 5.73. The normalized spacial score (nSPS) is 15.4. The highest BCUT2D eigenvalue weighted by molar-refractivity contribution is 6.11. The standard InChI is InChI=1S/C5H15NSi/c1-4-5(7)6(2)3/h5H,4H2,1-3,7H3. The predicted molar refractivity (Wildman–Crippen MR) is 37.7 cm³/mol. The van der Waals surface area contributed by atoms with Gasteiger partial charge >= 0.3 is 0 Å². The molecule has 0 bridgehead atoms. The molecule has 0 aromatic rings. The molecule has 0 aliphatic heterocycles. The van der Waals surface area contributed by atoms with E-state index in [-0.39, 0.29) is 0 Å². The smallest absolute Gasteiger partial charge is 0.0244 e. The number of nitrogens with zero attached hydrogens (tertiary/aromatic N) is 1. The summed E-state index contributed by atoms with van der Waals surface area (Å²) in [5.41, 5.74) is 0.875. The maximum absolute atomic E-state index is 2.28. The Morgan fingerprint density at radius 3 is 2.00 bits per heavy atom. The van der Waals surface area contributed by atoms with Crippen molar-refractivity contribution in [3.8, 4) is 0 Å². The van der Waals surface area contributed by atoms with Gasteiger partial charge in [0.2, 0.25) is 0 Å². The first-order valence-corrected chi connectivity index (χ1v) is 4.00. The molecule has 0 aliphatic rings. The van der Waals surface area contributed by atoms with E-state index in [4.69, 9.17) is 0 Å². The molecule has 0 saturated heterocycles. The quantitative estimate of drug-likeness (QED) is 0.447. The molecule has 0 aliphatic carbocycles. The van der Waals surface area contributed by atoms with E-state index in [1.807, 2.05) is 0 Å². The number of rotatable bonds is 2. The molecule has 1 unspecified atom stereocenters. The highest BCUT2D eigenvalue weighted by Gasteiger charge is 1.97. The van der Waals surface area contributed by atoms with E-state index in [9.17, 15) is 0 Å². The van der Waals surface area contributed by atoms with Crippen LogP contribution in [0.5, 0.6) is 0 Å². The summed E-state index contributed by atoms with van der Waals surface area (Å²) in [6.07, 6.45) is 1.30. The molecule has 0 aromatic heterocycles. The highest BCUT2D eigenvalue weighted by Crippen LogP contribution is 1.89. The summed E-state index contributed by atoms with van der Waals surface area (Å²) in [5.74, 6) is 0. The molecule has 0 heterocycles. The Labute approximate surface area is 49.1 Å². The van der Waals surface area contributed by atoms with Crippen molar-refractivity contribution in [1.29, 1.82) is 0 Å². The van der Waals surface area contributed by atoms with Gasteiger partial charge in [-0.15, -0.1) is 0 Å². The molecule has 0 rings (SSSR count). The van der Waals surface area contributed by atoms with Crippen LogP contribution in [0.3, 0.4) is 0 Å². The van der Waals surface area contributed by atoms with Gasteiger partial charge in [0.15, 0.2) is 0 Å².